The van der Waals surface area contributed by atoms with Gasteiger partial charge >= 0.3 is 0 Å². The van der Waals surface area contributed by atoms with E-state index in [1.807, 2.05) is 29.0 Å². The summed E-state index contributed by atoms with van der Waals surface area (Å²) in [6.45, 7) is 5.47. The molecule has 1 aromatic rings. The number of carbonyl (C=O) groups is 2. The molecular weight excluding hydrogens is 330 g/mol. The first kappa shape index (κ1) is 18.5. The lowest BCUT2D eigenvalue weighted by atomic mass is 10.3. The highest BCUT2D eigenvalue weighted by Gasteiger charge is 2.22. The van der Waals surface area contributed by atoms with Crippen molar-refractivity contribution in [2.24, 2.45) is 0 Å². The minimum absolute atomic E-state index is 0.0670. The number of hydrogen-bond donors (Lipinski definition) is 0. The highest BCUT2D eigenvalue weighted by Crippen LogP contribution is 2.16. The molecular formula is C17H24ClN3O3. The van der Waals surface area contributed by atoms with Crippen molar-refractivity contribution < 1.29 is 14.3 Å². The number of piperazine rings is 1. The summed E-state index contributed by atoms with van der Waals surface area (Å²) in [5.41, 5.74) is 0. The summed E-state index contributed by atoms with van der Waals surface area (Å²) in [6.07, 6.45) is 0. The molecule has 0 spiro atoms. The third kappa shape index (κ3) is 5.69. The average molecular weight is 354 g/mol. The Morgan fingerprint density at radius 2 is 1.88 bits per heavy atom. The lowest BCUT2D eigenvalue weighted by molar-refractivity contribution is -0.139. The van der Waals surface area contributed by atoms with Gasteiger partial charge in [0.1, 0.15) is 12.4 Å². The van der Waals surface area contributed by atoms with Gasteiger partial charge in [0.15, 0.2) is 0 Å². The zero-order chi connectivity index (χ0) is 17.5. The average Bonchev–Trinajstić information content (AvgIpc) is 2.55. The van der Waals surface area contributed by atoms with Crippen molar-refractivity contribution in [1.82, 2.24) is 14.7 Å². The number of carbonyl (C=O) groups excluding carboxylic acids is 2. The highest BCUT2D eigenvalue weighted by molar-refractivity contribution is 6.30. The minimum atomic E-state index is 0.0670. The van der Waals surface area contributed by atoms with E-state index < -0.39 is 0 Å². The third-order valence-corrected chi connectivity index (χ3v) is 4.26. The molecule has 1 saturated heterocycles. The van der Waals surface area contributed by atoms with Gasteiger partial charge in [-0.1, -0.05) is 17.7 Å². The quantitative estimate of drug-likeness (QED) is 0.774. The predicted molar refractivity (Wildman–Crippen MR) is 93.3 cm³/mol. The Morgan fingerprint density at radius 3 is 2.50 bits per heavy atom. The summed E-state index contributed by atoms with van der Waals surface area (Å²) in [6, 6.07) is 7.25. The van der Waals surface area contributed by atoms with E-state index in [2.05, 4.69) is 0 Å². The fourth-order valence-electron chi connectivity index (χ4n) is 2.56. The maximum atomic E-state index is 12.3. The van der Waals surface area contributed by atoms with E-state index in [0.717, 1.165) is 5.75 Å². The Bertz CT molecular complexity index is 574. The second-order valence-corrected chi connectivity index (χ2v) is 6.37. The van der Waals surface area contributed by atoms with E-state index in [-0.39, 0.29) is 11.8 Å². The summed E-state index contributed by atoms with van der Waals surface area (Å²) in [5, 5.41) is 0.640. The van der Waals surface area contributed by atoms with Gasteiger partial charge in [-0.25, -0.2) is 0 Å². The van der Waals surface area contributed by atoms with Crippen LogP contribution in [0.3, 0.4) is 0 Å². The van der Waals surface area contributed by atoms with Crippen LogP contribution in [0.2, 0.25) is 5.02 Å². The maximum Gasteiger partial charge on any atom is 0.236 e. The SMILES string of the molecule is CC(=O)N1CCN(C(=O)CN(C)CCOc2cccc(Cl)c2)CC1. The van der Waals surface area contributed by atoms with Crippen LogP contribution in [0, 0.1) is 0 Å². The first-order valence-electron chi connectivity index (χ1n) is 8.06. The molecule has 1 aliphatic rings. The van der Waals surface area contributed by atoms with E-state index in [1.54, 1.807) is 24.0 Å². The van der Waals surface area contributed by atoms with Crippen LogP contribution in [0.25, 0.3) is 0 Å². The number of benzene rings is 1. The molecule has 2 rings (SSSR count). The number of amides is 2. The molecule has 1 aromatic carbocycles. The molecule has 7 heteroatoms. The summed E-state index contributed by atoms with van der Waals surface area (Å²) < 4.78 is 5.63. The van der Waals surface area contributed by atoms with Crippen LogP contribution in [0.5, 0.6) is 5.75 Å². The normalized spacial score (nSPS) is 14.8. The van der Waals surface area contributed by atoms with Crippen LogP contribution in [0.4, 0.5) is 0 Å². The van der Waals surface area contributed by atoms with Gasteiger partial charge in [0.05, 0.1) is 6.54 Å². The predicted octanol–water partition coefficient (Wildman–Crippen LogP) is 1.34. The second kappa shape index (κ2) is 8.89. The van der Waals surface area contributed by atoms with Gasteiger partial charge < -0.3 is 14.5 Å². The summed E-state index contributed by atoms with van der Waals surface area (Å²) >= 11 is 5.91. The minimum Gasteiger partial charge on any atom is -0.492 e. The van der Waals surface area contributed by atoms with Gasteiger partial charge in [0.2, 0.25) is 11.8 Å². The summed E-state index contributed by atoms with van der Waals surface area (Å²) in [5.74, 6) is 0.878. The van der Waals surface area contributed by atoms with Crippen LogP contribution in [-0.2, 0) is 9.59 Å². The number of nitrogens with zero attached hydrogens (tertiary/aromatic N) is 3. The molecule has 2 amide bonds. The molecule has 0 atom stereocenters. The Kier molecular flexibility index (Phi) is 6.87. The van der Waals surface area contributed by atoms with Gasteiger partial charge in [0, 0.05) is 44.7 Å². The summed E-state index contributed by atoms with van der Waals surface area (Å²) in [7, 11) is 1.89. The van der Waals surface area contributed by atoms with Gasteiger partial charge in [-0.3, -0.25) is 14.5 Å². The van der Waals surface area contributed by atoms with Crippen LogP contribution in [-0.4, -0.2) is 79.4 Å². The van der Waals surface area contributed by atoms with Crippen LogP contribution < -0.4 is 4.74 Å². The van der Waals surface area contributed by atoms with Crippen LogP contribution >= 0.6 is 11.6 Å². The van der Waals surface area contributed by atoms with Crippen molar-refractivity contribution in [3.63, 3.8) is 0 Å². The lowest BCUT2D eigenvalue weighted by Crippen LogP contribution is -2.52. The maximum absolute atomic E-state index is 12.3. The molecule has 132 valence electrons. The number of rotatable bonds is 6. The van der Waals surface area contributed by atoms with Crippen molar-refractivity contribution in [2.45, 2.75) is 6.92 Å². The standard InChI is InChI=1S/C17H24ClN3O3/c1-14(22)20-6-8-21(9-7-20)17(23)13-19(2)10-11-24-16-5-3-4-15(18)12-16/h3-5,12H,6-11,13H2,1-2H3. The molecule has 1 fully saturated rings. The molecule has 6 nitrogen and oxygen atoms in total. The fourth-order valence-corrected chi connectivity index (χ4v) is 2.74. The topological polar surface area (TPSA) is 53.1 Å². The fraction of sp³-hybridized carbons (Fsp3) is 0.529. The lowest BCUT2D eigenvalue weighted by Gasteiger charge is -2.35. The largest absolute Gasteiger partial charge is 0.492 e. The molecule has 1 aliphatic heterocycles. The van der Waals surface area contributed by atoms with Crippen molar-refractivity contribution in [2.75, 3.05) is 52.9 Å². The Hall–Kier alpha value is -1.79. The molecule has 24 heavy (non-hydrogen) atoms. The highest BCUT2D eigenvalue weighted by atomic mass is 35.5. The second-order valence-electron chi connectivity index (χ2n) is 5.93. The Morgan fingerprint density at radius 1 is 1.21 bits per heavy atom. The molecule has 0 aliphatic carbocycles. The van der Waals surface area contributed by atoms with E-state index in [9.17, 15) is 9.59 Å². The van der Waals surface area contributed by atoms with Crippen molar-refractivity contribution in [3.8, 4) is 5.75 Å². The van der Waals surface area contributed by atoms with Gasteiger partial charge in [-0.15, -0.1) is 0 Å². The molecule has 0 bridgehead atoms. The number of likely N-dealkylation sites (N-methyl/N-ethyl adjacent to an activating group) is 1. The van der Waals surface area contributed by atoms with E-state index in [0.29, 0.717) is 50.9 Å². The van der Waals surface area contributed by atoms with E-state index in [1.165, 1.54) is 0 Å². The third-order valence-electron chi connectivity index (χ3n) is 4.02. The van der Waals surface area contributed by atoms with Crippen molar-refractivity contribution in [3.05, 3.63) is 29.3 Å². The summed E-state index contributed by atoms with van der Waals surface area (Å²) in [4.78, 5) is 29.1. The zero-order valence-electron chi connectivity index (χ0n) is 14.2. The Labute approximate surface area is 147 Å². The number of halogens is 1. The van der Waals surface area contributed by atoms with E-state index >= 15 is 0 Å². The van der Waals surface area contributed by atoms with Gasteiger partial charge in [0.25, 0.3) is 0 Å². The van der Waals surface area contributed by atoms with E-state index in [4.69, 9.17) is 16.3 Å². The molecule has 1 heterocycles. The number of ether oxygens (including phenoxy) is 1. The van der Waals surface area contributed by atoms with Crippen molar-refractivity contribution in [1.29, 1.82) is 0 Å². The smallest absolute Gasteiger partial charge is 0.236 e. The monoisotopic (exact) mass is 353 g/mol. The van der Waals surface area contributed by atoms with Crippen molar-refractivity contribution >= 4 is 23.4 Å². The zero-order valence-corrected chi connectivity index (χ0v) is 15.0. The molecule has 0 saturated carbocycles. The first-order chi connectivity index (χ1) is 11.5. The molecule has 0 radical (unpaired) electrons. The first-order valence-corrected chi connectivity index (χ1v) is 8.43. The van der Waals surface area contributed by atoms with Gasteiger partial charge in [-0.2, -0.15) is 0 Å². The number of hydrogen-bond acceptors (Lipinski definition) is 4. The van der Waals surface area contributed by atoms with Crippen LogP contribution in [0.1, 0.15) is 6.92 Å². The molecule has 0 N–H and O–H groups in total. The molecule has 0 aromatic heterocycles. The van der Waals surface area contributed by atoms with Gasteiger partial charge in [-0.05, 0) is 25.2 Å². The van der Waals surface area contributed by atoms with Crippen LogP contribution in [0.15, 0.2) is 24.3 Å². The molecule has 0 unspecified atom stereocenters. The Balaban J connectivity index is 1.67.